The summed E-state index contributed by atoms with van der Waals surface area (Å²) in [5, 5.41) is 5.62. The highest BCUT2D eigenvalue weighted by Crippen LogP contribution is 2.26. The minimum Gasteiger partial charge on any atom is -0.495 e. The van der Waals surface area contributed by atoms with Gasteiger partial charge in [-0.1, -0.05) is 18.2 Å². The van der Waals surface area contributed by atoms with E-state index in [1.54, 1.807) is 49.6 Å². The first-order chi connectivity index (χ1) is 15.5. The average molecular weight is 434 g/mol. The number of ether oxygens (including phenoxy) is 3. The van der Waals surface area contributed by atoms with Crippen molar-refractivity contribution in [2.45, 2.75) is 13.8 Å². The number of carbonyl (C=O) groups is 2. The molecule has 3 rings (SSSR count). The number of hydrogen-bond acceptors (Lipinski definition) is 5. The molecule has 0 radical (unpaired) electrons. The standard InChI is InChI=1S/C25H26N2O5/c1-4-31-23-8-6-5-7-20(23)26-24(28)16-32-19-12-10-18(11-13-19)25(29)27-21-15-17(2)9-14-22(21)30-3/h5-15H,4,16H2,1-3H3,(H,26,28)(H,27,29). The zero-order valence-electron chi connectivity index (χ0n) is 18.3. The Balaban J connectivity index is 1.56. The van der Waals surface area contributed by atoms with Crippen LogP contribution in [0.5, 0.6) is 17.2 Å². The molecule has 0 aliphatic rings. The van der Waals surface area contributed by atoms with Gasteiger partial charge in [0, 0.05) is 5.56 Å². The summed E-state index contributed by atoms with van der Waals surface area (Å²) >= 11 is 0. The van der Waals surface area contributed by atoms with Crippen LogP contribution in [0.3, 0.4) is 0 Å². The minimum absolute atomic E-state index is 0.174. The Kier molecular flexibility index (Phi) is 7.70. The van der Waals surface area contributed by atoms with E-state index >= 15 is 0 Å². The lowest BCUT2D eigenvalue weighted by atomic mass is 10.1. The molecule has 0 aliphatic carbocycles. The maximum atomic E-state index is 12.6. The van der Waals surface area contributed by atoms with Crippen LogP contribution >= 0.6 is 0 Å². The zero-order chi connectivity index (χ0) is 22.9. The summed E-state index contributed by atoms with van der Waals surface area (Å²) in [6, 6.07) is 19.3. The molecule has 7 nitrogen and oxygen atoms in total. The largest absolute Gasteiger partial charge is 0.495 e. The molecule has 0 unspecified atom stereocenters. The monoisotopic (exact) mass is 434 g/mol. The number of carbonyl (C=O) groups excluding carboxylic acids is 2. The molecule has 0 bridgehead atoms. The molecule has 166 valence electrons. The number of amides is 2. The normalized spacial score (nSPS) is 10.2. The quantitative estimate of drug-likeness (QED) is 0.511. The van der Waals surface area contributed by atoms with Crippen LogP contribution in [0, 0.1) is 6.92 Å². The maximum Gasteiger partial charge on any atom is 0.262 e. The summed E-state index contributed by atoms with van der Waals surface area (Å²) in [5.41, 5.74) is 2.64. The van der Waals surface area contributed by atoms with E-state index in [9.17, 15) is 9.59 Å². The fourth-order valence-corrected chi connectivity index (χ4v) is 3.00. The Hall–Kier alpha value is -4.00. The Bertz CT molecular complexity index is 1080. The van der Waals surface area contributed by atoms with E-state index in [0.717, 1.165) is 5.56 Å². The number of anilines is 2. The van der Waals surface area contributed by atoms with Crippen LogP contribution in [0.15, 0.2) is 66.7 Å². The lowest BCUT2D eigenvalue weighted by Crippen LogP contribution is -2.20. The fourth-order valence-electron chi connectivity index (χ4n) is 3.00. The molecule has 3 aromatic carbocycles. The van der Waals surface area contributed by atoms with Crippen molar-refractivity contribution in [3.63, 3.8) is 0 Å². The Labute approximate surface area is 187 Å². The van der Waals surface area contributed by atoms with Crippen LogP contribution in [0.25, 0.3) is 0 Å². The van der Waals surface area contributed by atoms with Crippen molar-refractivity contribution in [2.24, 2.45) is 0 Å². The van der Waals surface area contributed by atoms with Crippen LogP contribution in [0.4, 0.5) is 11.4 Å². The van der Waals surface area contributed by atoms with Crippen LogP contribution in [-0.4, -0.2) is 32.1 Å². The van der Waals surface area contributed by atoms with Crippen LogP contribution in [0.2, 0.25) is 0 Å². The third-order valence-corrected chi connectivity index (χ3v) is 4.55. The van der Waals surface area contributed by atoms with E-state index in [-0.39, 0.29) is 18.4 Å². The predicted octanol–water partition coefficient (Wildman–Crippen LogP) is 4.67. The number of aryl methyl sites for hydroxylation is 1. The highest BCUT2D eigenvalue weighted by atomic mass is 16.5. The van der Waals surface area contributed by atoms with Crippen molar-refractivity contribution in [1.82, 2.24) is 0 Å². The number of hydrogen-bond donors (Lipinski definition) is 2. The second-order valence-electron chi connectivity index (χ2n) is 6.95. The maximum absolute atomic E-state index is 12.6. The van der Waals surface area contributed by atoms with Gasteiger partial charge in [-0.15, -0.1) is 0 Å². The molecule has 3 aromatic rings. The number of methoxy groups -OCH3 is 1. The third-order valence-electron chi connectivity index (χ3n) is 4.55. The van der Waals surface area contributed by atoms with Gasteiger partial charge in [0.2, 0.25) is 0 Å². The van der Waals surface area contributed by atoms with Gasteiger partial charge in [0.05, 0.1) is 25.1 Å². The van der Waals surface area contributed by atoms with E-state index in [4.69, 9.17) is 14.2 Å². The Morgan fingerprint density at radius 2 is 1.59 bits per heavy atom. The highest BCUT2D eigenvalue weighted by Gasteiger charge is 2.11. The molecule has 32 heavy (non-hydrogen) atoms. The second kappa shape index (κ2) is 10.9. The van der Waals surface area contributed by atoms with Crippen molar-refractivity contribution in [3.05, 3.63) is 77.9 Å². The number of nitrogens with one attached hydrogen (secondary N) is 2. The number of benzene rings is 3. The van der Waals surface area contributed by atoms with Crippen LogP contribution in [-0.2, 0) is 4.79 Å². The van der Waals surface area contributed by atoms with Gasteiger partial charge in [0.25, 0.3) is 11.8 Å². The molecule has 2 N–H and O–H groups in total. The summed E-state index contributed by atoms with van der Waals surface area (Å²) in [5.74, 6) is 1.07. The Morgan fingerprint density at radius 3 is 2.31 bits per heavy atom. The van der Waals surface area contributed by atoms with Gasteiger partial charge >= 0.3 is 0 Å². The predicted molar refractivity (Wildman–Crippen MR) is 124 cm³/mol. The van der Waals surface area contributed by atoms with Gasteiger partial charge in [-0.25, -0.2) is 0 Å². The van der Waals surface area contributed by atoms with Gasteiger partial charge in [-0.3, -0.25) is 9.59 Å². The zero-order valence-corrected chi connectivity index (χ0v) is 18.3. The van der Waals surface area contributed by atoms with Gasteiger partial charge in [0.1, 0.15) is 17.2 Å². The molecule has 0 atom stereocenters. The first kappa shape index (κ1) is 22.7. The molecule has 0 heterocycles. The lowest BCUT2D eigenvalue weighted by molar-refractivity contribution is -0.118. The molecular formula is C25H26N2O5. The highest BCUT2D eigenvalue weighted by molar-refractivity contribution is 6.05. The van der Waals surface area contributed by atoms with Gasteiger partial charge in [-0.2, -0.15) is 0 Å². The molecule has 0 fully saturated rings. The number of para-hydroxylation sites is 2. The van der Waals surface area contributed by atoms with Crippen molar-refractivity contribution >= 4 is 23.2 Å². The lowest BCUT2D eigenvalue weighted by Gasteiger charge is -2.12. The minimum atomic E-state index is -0.314. The molecule has 0 aromatic heterocycles. The van der Waals surface area contributed by atoms with Gasteiger partial charge in [-0.05, 0) is 67.9 Å². The summed E-state index contributed by atoms with van der Waals surface area (Å²) in [6.07, 6.45) is 0. The van der Waals surface area contributed by atoms with Crippen LogP contribution < -0.4 is 24.8 Å². The molecule has 7 heteroatoms. The third kappa shape index (κ3) is 6.01. The van der Waals surface area contributed by atoms with Crippen molar-refractivity contribution < 1.29 is 23.8 Å². The summed E-state index contributed by atoms with van der Waals surface area (Å²) < 4.78 is 16.3. The van der Waals surface area contributed by atoms with Gasteiger partial charge in [0.15, 0.2) is 6.61 Å². The molecule has 0 spiro atoms. The molecule has 0 saturated heterocycles. The van der Waals surface area contributed by atoms with E-state index in [0.29, 0.717) is 40.8 Å². The molecule has 0 aliphatic heterocycles. The van der Waals surface area contributed by atoms with E-state index < -0.39 is 0 Å². The Morgan fingerprint density at radius 1 is 0.844 bits per heavy atom. The van der Waals surface area contributed by atoms with Crippen molar-refractivity contribution in [1.29, 1.82) is 0 Å². The first-order valence-corrected chi connectivity index (χ1v) is 10.2. The first-order valence-electron chi connectivity index (χ1n) is 10.2. The van der Waals surface area contributed by atoms with E-state index in [1.165, 1.54) is 0 Å². The summed E-state index contributed by atoms with van der Waals surface area (Å²) in [6.45, 7) is 4.14. The smallest absolute Gasteiger partial charge is 0.262 e. The summed E-state index contributed by atoms with van der Waals surface area (Å²) in [4.78, 5) is 24.8. The molecule has 2 amide bonds. The van der Waals surface area contributed by atoms with Crippen molar-refractivity contribution in [2.75, 3.05) is 31.0 Å². The SMILES string of the molecule is CCOc1ccccc1NC(=O)COc1ccc(C(=O)Nc2cc(C)ccc2OC)cc1. The van der Waals surface area contributed by atoms with Crippen molar-refractivity contribution in [3.8, 4) is 17.2 Å². The van der Waals surface area contributed by atoms with Crippen LogP contribution in [0.1, 0.15) is 22.8 Å². The van der Waals surface area contributed by atoms with E-state index in [2.05, 4.69) is 10.6 Å². The average Bonchev–Trinajstić information content (AvgIpc) is 2.79. The summed E-state index contributed by atoms with van der Waals surface area (Å²) in [7, 11) is 1.55. The number of rotatable bonds is 9. The second-order valence-corrected chi connectivity index (χ2v) is 6.95. The topological polar surface area (TPSA) is 85.9 Å². The fraction of sp³-hybridized carbons (Fsp3) is 0.200. The van der Waals surface area contributed by atoms with Gasteiger partial charge < -0.3 is 24.8 Å². The van der Waals surface area contributed by atoms with E-state index in [1.807, 2.05) is 38.1 Å². The molecular weight excluding hydrogens is 408 g/mol. The molecule has 0 saturated carbocycles.